The van der Waals surface area contributed by atoms with Crippen LogP contribution in [0.2, 0.25) is 0 Å². The molecule has 4 nitrogen and oxygen atoms in total. The normalized spacial score (nSPS) is 32.9. The summed E-state index contributed by atoms with van der Waals surface area (Å²) in [6.45, 7) is 0. The number of guanidine groups is 1. The molecule has 84 valence electrons. The molecule has 2 saturated carbocycles. The van der Waals surface area contributed by atoms with Crippen LogP contribution in [-0.2, 0) is 0 Å². The molecule has 15 heavy (non-hydrogen) atoms. The summed E-state index contributed by atoms with van der Waals surface area (Å²) in [6, 6.07) is 0. The lowest BCUT2D eigenvalue weighted by Gasteiger charge is -2.20. The number of rotatable bonds is 2. The lowest BCUT2D eigenvalue weighted by molar-refractivity contribution is 0.366. The first kappa shape index (κ1) is 10.8. The predicted octanol–water partition coefficient (Wildman–Crippen LogP) is 1.36. The maximum atomic E-state index is 7.53. The van der Waals surface area contributed by atoms with E-state index in [0.29, 0.717) is 0 Å². The van der Waals surface area contributed by atoms with Crippen molar-refractivity contribution in [2.24, 2.45) is 34.2 Å². The Morgan fingerprint density at radius 2 is 2.13 bits per heavy atom. The van der Waals surface area contributed by atoms with Crippen LogP contribution in [0.4, 0.5) is 0 Å². The molecular weight excluding hydrogens is 208 g/mol. The molecule has 2 aliphatic rings. The fourth-order valence-corrected chi connectivity index (χ4v) is 3.87. The van der Waals surface area contributed by atoms with Gasteiger partial charge in [-0.05, 0) is 37.0 Å². The van der Waals surface area contributed by atoms with E-state index in [0.717, 1.165) is 23.5 Å². The van der Waals surface area contributed by atoms with Crippen LogP contribution >= 0.6 is 11.8 Å². The SMILES string of the molecule is N=C(N=C(N)N)SCC1CC2CCC1C2. The van der Waals surface area contributed by atoms with Crippen LogP contribution in [0, 0.1) is 23.2 Å². The summed E-state index contributed by atoms with van der Waals surface area (Å²) >= 11 is 1.48. The highest BCUT2D eigenvalue weighted by atomic mass is 32.2. The molecule has 0 aliphatic heterocycles. The molecule has 3 unspecified atom stereocenters. The second-order valence-electron chi connectivity index (χ2n) is 4.59. The minimum atomic E-state index is -0.0135. The van der Waals surface area contributed by atoms with Gasteiger partial charge < -0.3 is 11.5 Å². The summed E-state index contributed by atoms with van der Waals surface area (Å²) in [7, 11) is 0. The van der Waals surface area contributed by atoms with E-state index in [2.05, 4.69) is 4.99 Å². The molecular formula is C10H18N4S. The third-order valence-electron chi connectivity index (χ3n) is 3.55. The Morgan fingerprint density at radius 1 is 1.33 bits per heavy atom. The topological polar surface area (TPSA) is 88.2 Å². The van der Waals surface area contributed by atoms with E-state index >= 15 is 0 Å². The van der Waals surface area contributed by atoms with Crippen LogP contribution in [0.5, 0.6) is 0 Å². The number of amidine groups is 1. The minimum absolute atomic E-state index is 0.0135. The van der Waals surface area contributed by atoms with Gasteiger partial charge in [-0.25, -0.2) is 0 Å². The van der Waals surface area contributed by atoms with E-state index in [1.165, 1.54) is 37.4 Å². The Balaban J connectivity index is 1.75. The number of fused-ring (bicyclic) bond motifs is 2. The zero-order valence-electron chi connectivity index (χ0n) is 8.78. The van der Waals surface area contributed by atoms with Crippen LogP contribution in [-0.4, -0.2) is 16.9 Å². The van der Waals surface area contributed by atoms with Crippen molar-refractivity contribution >= 4 is 22.9 Å². The average Bonchev–Trinajstić information content (AvgIpc) is 2.74. The van der Waals surface area contributed by atoms with Gasteiger partial charge in [0.2, 0.25) is 0 Å². The van der Waals surface area contributed by atoms with Gasteiger partial charge in [0.25, 0.3) is 0 Å². The average molecular weight is 226 g/mol. The van der Waals surface area contributed by atoms with E-state index in [4.69, 9.17) is 16.9 Å². The van der Waals surface area contributed by atoms with E-state index in [-0.39, 0.29) is 11.1 Å². The van der Waals surface area contributed by atoms with E-state index < -0.39 is 0 Å². The molecule has 0 aromatic rings. The number of nitrogens with zero attached hydrogens (tertiary/aromatic N) is 1. The van der Waals surface area contributed by atoms with Gasteiger partial charge in [-0.2, -0.15) is 4.99 Å². The van der Waals surface area contributed by atoms with Gasteiger partial charge in [0.15, 0.2) is 11.1 Å². The van der Waals surface area contributed by atoms with E-state index in [1.807, 2.05) is 0 Å². The molecule has 3 atom stereocenters. The van der Waals surface area contributed by atoms with Gasteiger partial charge in [-0.15, -0.1) is 0 Å². The highest BCUT2D eigenvalue weighted by Gasteiger charge is 2.39. The third-order valence-corrected chi connectivity index (χ3v) is 4.51. The number of nitrogens with one attached hydrogen (secondary N) is 1. The van der Waals surface area contributed by atoms with Crippen molar-refractivity contribution in [3.63, 3.8) is 0 Å². The molecule has 2 bridgehead atoms. The van der Waals surface area contributed by atoms with Gasteiger partial charge >= 0.3 is 0 Å². The quantitative estimate of drug-likeness (QED) is 0.490. The first-order chi connectivity index (χ1) is 7.15. The molecule has 0 amide bonds. The van der Waals surface area contributed by atoms with Crippen molar-refractivity contribution in [3.05, 3.63) is 0 Å². The summed E-state index contributed by atoms with van der Waals surface area (Å²) in [6.07, 6.45) is 5.59. The Kier molecular flexibility index (Phi) is 3.19. The van der Waals surface area contributed by atoms with Crippen LogP contribution in [0.1, 0.15) is 25.7 Å². The smallest absolute Gasteiger partial charge is 0.193 e. The second-order valence-corrected chi connectivity index (χ2v) is 5.60. The summed E-state index contributed by atoms with van der Waals surface area (Å²) in [5, 5.41) is 7.78. The molecule has 5 N–H and O–H groups in total. The molecule has 2 aliphatic carbocycles. The molecule has 2 rings (SSSR count). The number of thioether (sulfide) groups is 1. The monoisotopic (exact) mass is 226 g/mol. The molecule has 0 saturated heterocycles. The zero-order valence-corrected chi connectivity index (χ0v) is 9.59. The molecule has 0 heterocycles. The zero-order chi connectivity index (χ0) is 10.8. The maximum Gasteiger partial charge on any atom is 0.193 e. The molecule has 5 heteroatoms. The maximum absolute atomic E-state index is 7.53. The number of hydrogen-bond acceptors (Lipinski definition) is 2. The number of aliphatic imine (C=N–C) groups is 1. The Hall–Kier alpha value is -0.710. The standard InChI is InChI=1S/C10H18N4S/c11-9(12)14-10(13)15-5-8-4-6-1-2-7(8)3-6/h6-8H,1-5H2,(H5,11,12,13,14). The largest absolute Gasteiger partial charge is 0.370 e. The van der Waals surface area contributed by atoms with Crippen LogP contribution < -0.4 is 11.5 Å². The Bertz CT molecular complexity index is 285. The van der Waals surface area contributed by atoms with Crippen molar-refractivity contribution in [1.82, 2.24) is 0 Å². The Labute approximate surface area is 94.4 Å². The summed E-state index contributed by atoms with van der Waals surface area (Å²) < 4.78 is 0. The van der Waals surface area contributed by atoms with Gasteiger partial charge in [0.05, 0.1) is 0 Å². The second kappa shape index (κ2) is 4.43. The van der Waals surface area contributed by atoms with Gasteiger partial charge in [-0.3, -0.25) is 5.41 Å². The van der Waals surface area contributed by atoms with Crippen LogP contribution in [0.3, 0.4) is 0 Å². The highest BCUT2D eigenvalue weighted by Crippen LogP contribution is 2.49. The number of nitrogens with two attached hydrogens (primary N) is 2. The van der Waals surface area contributed by atoms with Gasteiger partial charge in [-0.1, -0.05) is 18.2 Å². The summed E-state index contributed by atoms with van der Waals surface area (Å²) in [5.74, 6) is 3.67. The van der Waals surface area contributed by atoms with Crippen molar-refractivity contribution in [2.45, 2.75) is 25.7 Å². The van der Waals surface area contributed by atoms with E-state index in [9.17, 15) is 0 Å². The van der Waals surface area contributed by atoms with Crippen molar-refractivity contribution in [3.8, 4) is 0 Å². The first-order valence-electron chi connectivity index (χ1n) is 5.46. The minimum Gasteiger partial charge on any atom is -0.370 e. The van der Waals surface area contributed by atoms with Gasteiger partial charge in [0.1, 0.15) is 0 Å². The summed E-state index contributed by atoms with van der Waals surface area (Å²) in [4.78, 5) is 3.72. The molecule has 0 aromatic carbocycles. The lowest BCUT2D eigenvalue weighted by atomic mass is 9.90. The molecule has 0 radical (unpaired) electrons. The highest BCUT2D eigenvalue weighted by molar-refractivity contribution is 8.13. The van der Waals surface area contributed by atoms with Crippen LogP contribution in [0.25, 0.3) is 0 Å². The van der Waals surface area contributed by atoms with Gasteiger partial charge in [0, 0.05) is 5.75 Å². The molecule has 0 aromatic heterocycles. The molecule has 2 fully saturated rings. The number of hydrogen-bond donors (Lipinski definition) is 3. The predicted molar refractivity (Wildman–Crippen MR) is 64.9 cm³/mol. The summed E-state index contributed by atoms with van der Waals surface area (Å²) in [5.41, 5.74) is 10.4. The van der Waals surface area contributed by atoms with Crippen LogP contribution in [0.15, 0.2) is 4.99 Å². The van der Waals surface area contributed by atoms with E-state index in [1.54, 1.807) is 0 Å². The van der Waals surface area contributed by atoms with Crippen molar-refractivity contribution < 1.29 is 0 Å². The fraction of sp³-hybridized carbons (Fsp3) is 0.800. The van der Waals surface area contributed by atoms with Crippen molar-refractivity contribution in [1.29, 1.82) is 5.41 Å². The third kappa shape index (κ3) is 2.65. The van der Waals surface area contributed by atoms with Crippen molar-refractivity contribution in [2.75, 3.05) is 5.75 Å². The Morgan fingerprint density at radius 3 is 2.67 bits per heavy atom. The molecule has 0 spiro atoms. The fourth-order valence-electron chi connectivity index (χ4n) is 2.92. The lowest BCUT2D eigenvalue weighted by Crippen LogP contribution is -2.23. The first-order valence-corrected chi connectivity index (χ1v) is 6.44.